The van der Waals surface area contributed by atoms with Crippen molar-refractivity contribution < 1.29 is 57.0 Å². The van der Waals surface area contributed by atoms with Crippen LogP contribution in [0.1, 0.15) is 232 Å². The molecular weight excluding hydrogens is 851 g/mol. The van der Waals surface area contributed by atoms with Gasteiger partial charge in [-0.3, -0.25) is 9.35 Å². The standard InChI is InChI=1S/C51H97NO12S/c1-3-5-7-9-11-13-15-17-19-21-22-24-26-28-30-32-34-36-38-40-45(55)50(58)52-43(42-62-51-48(57)49(64-65(59,60)61)47(56)46(41-53)63-51)44(54)39-37-35-33-31-29-27-25-23-20-18-16-14-12-10-8-6-4-2/h22,24,37,39,43-49,51,53-57H,3-21,23,25-36,38,40-42H2,1-2H3,(H,52,58)(H,59,60,61)/b24-22-,39-37+. The molecular formula is C51H97NO12S. The fourth-order valence-corrected chi connectivity index (χ4v) is 8.91. The third-order valence-electron chi connectivity index (χ3n) is 12.6. The quantitative estimate of drug-likeness (QED) is 0.0173. The summed E-state index contributed by atoms with van der Waals surface area (Å²) in [5.74, 6) is -0.705. The van der Waals surface area contributed by atoms with E-state index in [-0.39, 0.29) is 6.42 Å². The van der Waals surface area contributed by atoms with E-state index in [9.17, 15) is 43.3 Å². The van der Waals surface area contributed by atoms with Crippen molar-refractivity contribution >= 4 is 16.3 Å². The Kier molecular flexibility index (Phi) is 39.3. The summed E-state index contributed by atoms with van der Waals surface area (Å²) >= 11 is 0. The zero-order valence-electron chi connectivity index (χ0n) is 40.9. The highest BCUT2D eigenvalue weighted by molar-refractivity contribution is 7.80. The van der Waals surface area contributed by atoms with E-state index in [2.05, 4.69) is 35.5 Å². The molecule has 1 heterocycles. The molecule has 14 heteroatoms. The summed E-state index contributed by atoms with van der Waals surface area (Å²) in [5, 5.41) is 55.4. The van der Waals surface area contributed by atoms with Gasteiger partial charge in [-0.05, 0) is 44.9 Å². The number of carbonyl (C=O) groups excluding carboxylic acids is 1. The van der Waals surface area contributed by atoms with Crippen LogP contribution in [0.4, 0.5) is 0 Å². The summed E-state index contributed by atoms with van der Waals surface area (Å²) in [7, 11) is -5.12. The summed E-state index contributed by atoms with van der Waals surface area (Å²) in [5.41, 5.74) is 0. The van der Waals surface area contributed by atoms with Crippen LogP contribution in [0, 0.1) is 0 Å². The highest BCUT2D eigenvalue weighted by atomic mass is 32.3. The molecule has 1 rings (SSSR count). The van der Waals surface area contributed by atoms with Crippen LogP contribution in [0.3, 0.4) is 0 Å². The number of hydrogen-bond acceptors (Lipinski definition) is 11. The van der Waals surface area contributed by atoms with Gasteiger partial charge in [0.1, 0.15) is 30.5 Å². The first-order valence-corrected chi connectivity index (χ1v) is 27.7. The van der Waals surface area contributed by atoms with Gasteiger partial charge < -0.3 is 40.3 Å². The molecule has 1 amide bonds. The predicted octanol–water partition coefficient (Wildman–Crippen LogP) is 10.3. The lowest BCUT2D eigenvalue weighted by atomic mass is 9.99. The van der Waals surface area contributed by atoms with Crippen molar-refractivity contribution in [2.45, 2.75) is 281 Å². The first kappa shape index (κ1) is 61.6. The zero-order valence-corrected chi connectivity index (χ0v) is 41.7. The molecule has 0 saturated carbocycles. The van der Waals surface area contributed by atoms with Gasteiger partial charge in [0.2, 0.25) is 5.91 Å². The lowest BCUT2D eigenvalue weighted by Gasteiger charge is -2.41. The van der Waals surface area contributed by atoms with E-state index in [1.807, 2.05) is 6.08 Å². The van der Waals surface area contributed by atoms with Crippen LogP contribution in [0.2, 0.25) is 0 Å². The van der Waals surface area contributed by atoms with Gasteiger partial charge in [0.05, 0.1) is 25.4 Å². The van der Waals surface area contributed by atoms with Crippen LogP contribution < -0.4 is 5.32 Å². The number of aliphatic hydroxyl groups excluding tert-OH is 5. The highest BCUT2D eigenvalue weighted by Gasteiger charge is 2.48. The Balaban J connectivity index is 2.51. The molecule has 0 aliphatic carbocycles. The van der Waals surface area contributed by atoms with Gasteiger partial charge in [0.25, 0.3) is 0 Å². The SMILES string of the molecule is CCCCCCCCCCC/C=C\CCCCCCCCC(O)C(=O)NC(COC1OC(CO)C(O)C(OS(=O)(=O)O)C1O)C(O)/C=C/CCCCCCCCCCCCCCCCC. The first-order valence-electron chi connectivity index (χ1n) is 26.3. The van der Waals surface area contributed by atoms with E-state index >= 15 is 0 Å². The Morgan fingerprint density at radius 3 is 1.43 bits per heavy atom. The molecule has 0 bridgehead atoms. The molecule has 8 atom stereocenters. The van der Waals surface area contributed by atoms with E-state index in [1.54, 1.807) is 6.08 Å². The summed E-state index contributed by atoms with van der Waals surface area (Å²) in [6, 6.07) is -1.12. The summed E-state index contributed by atoms with van der Waals surface area (Å²) in [4.78, 5) is 13.2. The fraction of sp³-hybridized carbons (Fsp3) is 0.902. The van der Waals surface area contributed by atoms with Crippen molar-refractivity contribution in [2.24, 2.45) is 0 Å². The number of unbranched alkanes of at least 4 members (excludes halogenated alkanes) is 30. The maximum atomic E-state index is 13.2. The molecule has 384 valence electrons. The minimum absolute atomic E-state index is 0.237. The average Bonchev–Trinajstić information content (AvgIpc) is 3.28. The number of amides is 1. The smallest absolute Gasteiger partial charge is 0.394 e. The molecule has 1 saturated heterocycles. The molecule has 0 aromatic rings. The second-order valence-electron chi connectivity index (χ2n) is 18.6. The molecule has 1 aliphatic heterocycles. The summed E-state index contributed by atoms with van der Waals surface area (Å²) in [6.45, 7) is 3.24. The monoisotopic (exact) mass is 948 g/mol. The predicted molar refractivity (Wildman–Crippen MR) is 261 cm³/mol. The van der Waals surface area contributed by atoms with E-state index in [1.165, 1.54) is 141 Å². The Morgan fingerprint density at radius 1 is 0.615 bits per heavy atom. The van der Waals surface area contributed by atoms with E-state index in [0.29, 0.717) is 12.8 Å². The van der Waals surface area contributed by atoms with E-state index < -0.39 is 78.5 Å². The van der Waals surface area contributed by atoms with Gasteiger partial charge in [-0.1, -0.05) is 212 Å². The first-order chi connectivity index (χ1) is 31.4. The number of carbonyl (C=O) groups is 1. The fourth-order valence-electron chi connectivity index (χ4n) is 8.40. The molecule has 0 aromatic carbocycles. The molecule has 13 nitrogen and oxygen atoms in total. The van der Waals surface area contributed by atoms with Crippen molar-refractivity contribution in [1.29, 1.82) is 0 Å². The maximum Gasteiger partial charge on any atom is 0.397 e. The lowest BCUT2D eigenvalue weighted by molar-refractivity contribution is -0.298. The topological polar surface area (TPSA) is 212 Å². The van der Waals surface area contributed by atoms with Gasteiger partial charge in [0.15, 0.2) is 6.29 Å². The molecule has 1 fully saturated rings. The van der Waals surface area contributed by atoms with Crippen molar-refractivity contribution in [2.75, 3.05) is 13.2 Å². The van der Waals surface area contributed by atoms with Gasteiger partial charge >= 0.3 is 10.4 Å². The highest BCUT2D eigenvalue weighted by Crippen LogP contribution is 2.26. The largest absolute Gasteiger partial charge is 0.397 e. The van der Waals surface area contributed by atoms with Crippen LogP contribution in [0.25, 0.3) is 0 Å². The second-order valence-corrected chi connectivity index (χ2v) is 19.7. The minimum atomic E-state index is -5.12. The van der Waals surface area contributed by atoms with Crippen molar-refractivity contribution in [1.82, 2.24) is 5.32 Å². The molecule has 7 N–H and O–H groups in total. The Labute approximate surface area is 395 Å². The molecule has 1 aliphatic rings. The maximum absolute atomic E-state index is 13.2. The Morgan fingerprint density at radius 2 is 1.02 bits per heavy atom. The van der Waals surface area contributed by atoms with Gasteiger partial charge in [-0.2, -0.15) is 8.42 Å². The number of nitrogens with one attached hydrogen (secondary N) is 1. The second kappa shape index (κ2) is 41.5. The minimum Gasteiger partial charge on any atom is -0.394 e. The summed E-state index contributed by atoms with van der Waals surface area (Å²) in [6.07, 6.45) is 36.8. The van der Waals surface area contributed by atoms with Gasteiger partial charge in [-0.15, -0.1) is 0 Å². The zero-order chi connectivity index (χ0) is 47.8. The van der Waals surface area contributed by atoms with Crippen LogP contribution in [-0.2, 0) is 28.9 Å². The van der Waals surface area contributed by atoms with Crippen LogP contribution in [-0.4, -0.2) is 107 Å². The lowest BCUT2D eigenvalue weighted by Crippen LogP contribution is -2.61. The number of allylic oxidation sites excluding steroid dienone is 3. The molecule has 0 radical (unpaired) electrons. The Bertz CT molecular complexity index is 1270. The number of ether oxygens (including phenoxy) is 2. The van der Waals surface area contributed by atoms with Crippen molar-refractivity contribution in [3.8, 4) is 0 Å². The third-order valence-corrected chi connectivity index (χ3v) is 13.0. The van der Waals surface area contributed by atoms with Crippen molar-refractivity contribution in [3.05, 3.63) is 24.3 Å². The summed E-state index contributed by atoms with van der Waals surface area (Å²) < 4.78 is 47.6. The molecule has 0 aromatic heterocycles. The van der Waals surface area contributed by atoms with Gasteiger partial charge in [0, 0.05) is 0 Å². The Hall–Kier alpha value is -1.46. The molecule has 0 spiro atoms. The number of rotatable bonds is 45. The van der Waals surface area contributed by atoms with Crippen molar-refractivity contribution in [3.63, 3.8) is 0 Å². The van der Waals surface area contributed by atoms with Crippen LogP contribution in [0.15, 0.2) is 24.3 Å². The van der Waals surface area contributed by atoms with Crippen LogP contribution in [0.5, 0.6) is 0 Å². The van der Waals surface area contributed by atoms with E-state index in [4.69, 9.17) is 9.47 Å². The number of hydrogen-bond donors (Lipinski definition) is 7. The normalized spacial score (nSPS) is 20.8. The van der Waals surface area contributed by atoms with Gasteiger partial charge in [-0.25, -0.2) is 4.18 Å². The number of aliphatic hydroxyl groups is 5. The average molecular weight is 948 g/mol. The third kappa shape index (κ3) is 33.6. The molecule has 8 unspecified atom stereocenters. The molecule has 65 heavy (non-hydrogen) atoms. The van der Waals surface area contributed by atoms with Crippen LogP contribution >= 0.6 is 0 Å². The van der Waals surface area contributed by atoms with E-state index in [0.717, 1.165) is 57.8 Å².